The molecule has 1 aliphatic rings. The lowest BCUT2D eigenvalue weighted by Gasteiger charge is -2.31. The van der Waals surface area contributed by atoms with Crippen molar-refractivity contribution < 1.29 is 4.74 Å². The van der Waals surface area contributed by atoms with Gasteiger partial charge in [-0.25, -0.2) is 0 Å². The molecule has 2 rings (SSSR count). The van der Waals surface area contributed by atoms with Crippen LogP contribution in [0, 0.1) is 0 Å². The Morgan fingerprint density at radius 2 is 2.25 bits per heavy atom. The molecule has 0 amide bonds. The quantitative estimate of drug-likeness (QED) is 0.836. The molecule has 2 heterocycles. The van der Waals surface area contributed by atoms with Crippen LogP contribution in [0.2, 0.25) is 0 Å². The Labute approximate surface area is 104 Å². The molecule has 5 heteroatoms. The van der Waals surface area contributed by atoms with Gasteiger partial charge in [-0.15, -0.1) is 5.10 Å². The molecular weight excluding hydrogens is 270 g/mol. The Morgan fingerprint density at radius 1 is 1.44 bits per heavy atom. The molecule has 0 radical (unpaired) electrons. The van der Waals surface area contributed by atoms with Gasteiger partial charge < -0.3 is 4.74 Å². The first kappa shape index (κ1) is 11.8. The zero-order chi connectivity index (χ0) is 11.5. The highest BCUT2D eigenvalue weighted by molar-refractivity contribution is 9.10. The molecule has 0 N–H and O–H groups in total. The third-order valence-electron chi connectivity index (χ3n) is 3.04. The highest BCUT2D eigenvalue weighted by Crippen LogP contribution is 2.31. The van der Waals surface area contributed by atoms with Crippen molar-refractivity contribution in [3.63, 3.8) is 0 Å². The summed E-state index contributed by atoms with van der Waals surface area (Å²) in [6, 6.07) is 2.40. The van der Waals surface area contributed by atoms with E-state index in [1.54, 1.807) is 7.11 Å². The summed E-state index contributed by atoms with van der Waals surface area (Å²) in [5.74, 6) is 0.544. The maximum Gasteiger partial charge on any atom is 0.247 e. The highest BCUT2D eigenvalue weighted by Gasteiger charge is 2.23. The number of nitrogens with zero attached hydrogens (tertiary/aromatic N) is 3. The summed E-state index contributed by atoms with van der Waals surface area (Å²) in [7, 11) is 3.74. The number of piperidine rings is 1. The van der Waals surface area contributed by atoms with Crippen molar-refractivity contribution in [3.8, 4) is 5.88 Å². The normalized spacial score (nSPS) is 22.1. The first-order valence-corrected chi connectivity index (χ1v) is 6.29. The predicted octanol–water partition coefficient (Wildman–Crippen LogP) is 2.40. The number of halogens is 1. The maximum atomic E-state index is 5.08. The van der Waals surface area contributed by atoms with E-state index in [0.29, 0.717) is 11.9 Å². The molecule has 0 spiro atoms. The number of hydrogen-bond donors (Lipinski definition) is 0. The lowest BCUT2D eigenvalue weighted by molar-refractivity contribution is 0.182. The molecule has 1 aromatic heterocycles. The van der Waals surface area contributed by atoms with Crippen molar-refractivity contribution in [2.24, 2.45) is 0 Å². The molecule has 1 saturated heterocycles. The van der Waals surface area contributed by atoms with Crippen LogP contribution in [0.1, 0.15) is 31.0 Å². The number of rotatable bonds is 2. The molecule has 1 unspecified atom stereocenters. The van der Waals surface area contributed by atoms with E-state index in [1.807, 2.05) is 6.07 Å². The van der Waals surface area contributed by atoms with Crippen LogP contribution in [0.3, 0.4) is 0 Å². The van der Waals surface area contributed by atoms with E-state index in [1.165, 1.54) is 12.8 Å². The topological polar surface area (TPSA) is 38.3 Å². The van der Waals surface area contributed by atoms with Crippen LogP contribution in [0.25, 0.3) is 0 Å². The van der Waals surface area contributed by atoms with E-state index >= 15 is 0 Å². The summed E-state index contributed by atoms with van der Waals surface area (Å²) in [4.78, 5) is 2.34. The number of methoxy groups -OCH3 is 1. The SMILES string of the molecule is COc1nnc(C2CCCCN2C)cc1Br. The lowest BCUT2D eigenvalue weighted by Crippen LogP contribution is -2.30. The van der Waals surface area contributed by atoms with Gasteiger partial charge in [0.05, 0.1) is 23.3 Å². The summed E-state index contributed by atoms with van der Waals surface area (Å²) in [6.07, 6.45) is 3.70. The molecule has 1 atom stereocenters. The van der Waals surface area contributed by atoms with E-state index in [0.717, 1.165) is 23.1 Å². The summed E-state index contributed by atoms with van der Waals surface area (Å²) in [5.41, 5.74) is 1.02. The molecule has 0 aliphatic carbocycles. The Bertz CT molecular complexity index is 372. The molecule has 0 aromatic carbocycles. The van der Waals surface area contributed by atoms with Crippen molar-refractivity contribution >= 4 is 15.9 Å². The minimum Gasteiger partial charge on any atom is -0.479 e. The van der Waals surface area contributed by atoms with E-state index in [2.05, 4.69) is 38.1 Å². The Morgan fingerprint density at radius 3 is 2.88 bits per heavy atom. The van der Waals surface area contributed by atoms with E-state index < -0.39 is 0 Å². The van der Waals surface area contributed by atoms with Gasteiger partial charge in [-0.1, -0.05) is 6.42 Å². The van der Waals surface area contributed by atoms with Crippen molar-refractivity contribution in [1.29, 1.82) is 0 Å². The number of ether oxygens (including phenoxy) is 1. The molecule has 0 bridgehead atoms. The molecule has 4 nitrogen and oxygen atoms in total. The fourth-order valence-electron chi connectivity index (χ4n) is 2.12. The van der Waals surface area contributed by atoms with Crippen LogP contribution in [-0.2, 0) is 0 Å². The molecule has 1 aliphatic heterocycles. The van der Waals surface area contributed by atoms with E-state index in [-0.39, 0.29) is 0 Å². The molecule has 88 valence electrons. The Hall–Kier alpha value is -0.680. The van der Waals surface area contributed by atoms with Gasteiger partial charge in [-0.3, -0.25) is 4.90 Å². The molecule has 1 fully saturated rings. The van der Waals surface area contributed by atoms with Gasteiger partial charge in [0, 0.05) is 0 Å². The third-order valence-corrected chi connectivity index (χ3v) is 3.61. The summed E-state index contributed by atoms with van der Waals surface area (Å²) in [6.45, 7) is 1.13. The molecule has 1 aromatic rings. The van der Waals surface area contributed by atoms with Crippen LogP contribution in [0.4, 0.5) is 0 Å². The van der Waals surface area contributed by atoms with Crippen molar-refractivity contribution in [3.05, 3.63) is 16.2 Å². The molecular formula is C11H16BrN3O. The Kier molecular flexibility index (Phi) is 3.76. The monoisotopic (exact) mass is 285 g/mol. The minimum absolute atomic E-state index is 0.392. The fourth-order valence-corrected chi connectivity index (χ4v) is 2.60. The zero-order valence-electron chi connectivity index (χ0n) is 9.61. The number of aromatic nitrogens is 2. The Balaban J connectivity index is 2.22. The largest absolute Gasteiger partial charge is 0.479 e. The van der Waals surface area contributed by atoms with Crippen LogP contribution >= 0.6 is 15.9 Å². The third kappa shape index (κ3) is 2.35. The maximum absolute atomic E-state index is 5.08. The second-order valence-electron chi connectivity index (χ2n) is 4.12. The standard InChI is InChI=1S/C11H16BrN3O/c1-15-6-4-3-5-10(15)9-7-8(12)11(16-2)14-13-9/h7,10H,3-6H2,1-2H3. The first-order chi connectivity index (χ1) is 7.72. The van der Waals surface area contributed by atoms with Crippen LogP contribution in [-0.4, -0.2) is 35.8 Å². The second-order valence-corrected chi connectivity index (χ2v) is 4.97. The van der Waals surface area contributed by atoms with E-state index in [9.17, 15) is 0 Å². The van der Waals surface area contributed by atoms with Gasteiger partial charge in [0.15, 0.2) is 0 Å². The summed E-state index contributed by atoms with van der Waals surface area (Å²) >= 11 is 3.45. The van der Waals surface area contributed by atoms with Gasteiger partial charge in [0.1, 0.15) is 0 Å². The molecule has 16 heavy (non-hydrogen) atoms. The lowest BCUT2D eigenvalue weighted by atomic mass is 10.00. The first-order valence-electron chi connectivity index (χ1n) is 5.49. The molecule has 0 saturated carbocycles. The highest BCUT2D eigenvalue weighted by atomic mass is 79.9. The van der Waals surface area contributed by atoms with Crippen molar-refractivity contribution in [2.45, 2.75) is 25.3 Å². The summed E-state index contributed by atoms with van der Waals surface area (Å²) < 4.78 is 5.95. The van der Waals surface area contributed by atoms with Gasteiger partial charge >= 0.3 is 0 Å². The van der Waals surface area contributed by atoms with Crippen LogP contribution < -0.4 is 4.74 Å². The van der Waals surface area contributed by atoms with Crippen molar-refractivity contribution in [1.82, 2.24) is 15.1 Å². The number of likely N-dealkylation sites (tertiary alicyclic amines) is 1. The van der Waals surface area contributed by atoms with Gasteiger partial charge in [0.25, 0.3) is 0 Å². The predicted molar refractivity (Wildman–Crippen MR) is 65.5 cm³/mol. The second kappa shape index (κ2) is 5.10. The summed E-state index contributed by atoms with van der Waals surface area (Å²) in [5, 5.41) is 8.30. The average molecular weight is 286 g/mol. The van der Waals surface area contributed by atoms with E-state index in [4.69, 9.17) is 4.74 Å². The van der Waals surface area contributed by atoms with Crippen LogP contribution in [0.5, 0.6) is 5.88 Å². The smallest absolute Gasteiger partial charge is 0.247 e. The average Bonchev–Trinajstić information content (AvgIpc) is 2.29. The van der Waals surface area contributed by atoms with Crippen molar-refractivity contribution in [2.75, 3.05) is 20.7 Å². The van der Waals surface area contributed by atoms with Crippen LogP contribution in [0.15, 0.2) is 10.5 Å². The van der Waals surface area contributed by atoms with Gasteiger partial charge in [0.2, 0.25) is 5.88 Å². The fraction of sp³-hybridized carbons (Fsp3) is 0.636. The van der Waals surface area contributed by atoms with Gasteiger partial charge in [-0.2, -0.15) is 5.10 Å². The van der Waals surface area contributed by atoms with Gasteiger partial charge in [-0.05, 0) is 48.4 Å². The minimum atomic E-state index is 0.392. The number of hydrogen-bond acceptors (Lipinski definition) is 4. The zero-order valence-corrected chi connectivity index (χ0v) is 11.2.